The van der Waals surface area contributed by atoms with Gasteiger partial charge in [0.15, 0.2) is 16.5 Å². The van der Waals surface area contributed by atoms with E-state index in [2.05, 4.69) is 10.3 Å². The summed E-state index contributed by atoms with van der Waals surface area (Å²) < 4.78 is 36.4. The fourth-order valence-electron chi connectivity index (χ4n) is 6.26. The number of anilines is 1. The molecule has 0 bridgehead atoms. The number of piperidine rings is 1. The van der Waals surface area contributed by atoms with E-state index < -0.39 is 41.3 Å². The van der Waals surface area contributed by atoms with E-state index in [-0.39, 0.29) is 60.9 Å². The van der Waals surface area contributed by atoms with E-state index in [1.54, 1.807) is 43.6 Å². The van der Waals surface area contributed by atoms with Gasteiger partial charge in [-0.05, 0) is 37.6 Å². The molecular formula is C32H30ClF2N5O5S. The van der Waals surface area contributed by atoms with E-state index in [1.165, 1.54) is 34.4 Å². The molecule has 6 rings (SSSR count). The molecule has 2 saturated heterocycles. The quantitative estimate of drug-likeness (QED) is 0.324. The second-order valence-electron chi connectivity index (χ2n) is 11.4. The van der Waals surface area contributed by atoms with Gasteiger partial charge in [0.2, 0.25) is 0 Å². The molecule has 0 spiro atoms. The summed E-state index contributed by atoms with van der Waals surface area (Å²) in [6, 6.07) is 7.91. The molecule has 0 saturated carbocycles. The highest BCUT2D eigenvalue weighted by Crippen LogP contribution is 2.43. The van der Waals surface area contributed by atoms with Crippen molar-refractivity contribution >= 4 is 52.3 Å². The third-order valence-corrected chi connectivity index (χ3v) is 9.78. The van der Waals surface area contributed by atoms with Gasteiger partial charge in [-0.15, -0.1) is 11.3 Å². The number of benzene rings is 2. The molecule has 0 radical (unpaired) electrons. The number of thiazole rings is 1. The number of amides is 1. The Balaban J connectivity index is 1.33. The van der Waals surface area contributed by atoms with Gasteiger partial charge in [-0.3, -0.25) is 14.7 Å². The topological polar surface area (TPSA) is 124 Å². The summed E-state index contributed by atoms with van der Waals surface area (Å²) in [5.41, 5.74) is -0.402. The third-order valence-electron chi connectivity index (χ3n) is 8.60. The van der Waals surface area contributed by atoms with E-state index in [4.69, 9.17) is 21.3 Å². The molecule has 240 valence electrons. The number of ether oxygens (including phenoxy) is 1. The van der Waals surface area contributed by atoms with Gasteiger partial charge >= 0.3 is 11.9 Å². The van der Waals surface area contributed by atoms with E-state index in [0.29, 0.717) is 27.8 Å². The van der Waals surface area contributed by atoms with E-state index >= 15 is 4.39 Å². The van der Waals surface area contributed by atoms with E-state index in [9.17, 15) is 23.9 Å². The van der Waals surface area contributed by atoms with Gasteiger partial charge in [-0.1, -0.05) is 29.8 Å². The lowest BCUT2D eigenvalue weighted by atomic mass is 9.85. The first kappa shape index (κ1) is 31.8. The van der Waals surface area contributed by atoms with Crippen LogP contribution in [0.15, 0.2) is 64.2 Å². The number of amidine groups is 1. The molecule has 0 unspecified atom stereocenters. The number of hydrogen-bond acceptors (Lipinski definition) is 9. The number of halogens is 3. The summed E-state index contributed by atoms with van der Waals surface area (Å²) in [6.07, 6.45) is 1.51. The van der Waals surface area contributed by atoms with Crippen molar-refractivity contribution in [1.29, 1.82) is 0 Å². The standard InChI is InChI=1S/C32H30ClF2N5O5S/c1-3-45-30(43)24-23(37-27(28-36-10-12-46-28)38-26(24)20-5-4-6-22(34)25(20)33)16-39-11-9-32(35)18(14-39)15-40(31(32)44)19-8-7-17(2)21(13-19)29(41)42/h4-8,10,12-13,18,26H,3,9,11,14-16H2,1-2H3,(H,37,38)(H,41,42)/t18-,26-,32+/m0/s1. The smallest absolute Gasteiger partial charge is 0.338 e. The number of nitrogens with one attached hydrogen (secondary N) is 1. The Kier molecular flexibility index (Phi) is 8.66. The van der Waals surface area contributed by atoms with Crippen LogP contribution in [0.25, 0.3) is 0 Å². The molecule has 2 fully saturated rings. The lowest BCUT2D eigenvalue weighted by Crippen LogP contribution is -2.52. The molecular weight excluding hydrogens is 640 g/mol. The minimum absolute atomic E-state index is 0.0437. The largest absolute Gasteiger partial charge is 0.478 e. The number of aromatic carboxylic acids is 1. The van der Waals surface area contributed by atoms with Gasteiger partial charge in [0.05, 0.1) is 22.8 Å². The number of fused-ring (bicyclic) bond motifs is 1. The number of aromatic nitrogens is 1. The van der Waals surface area contributed by atoms with Crippen molar-refractivity contribution in [1.82, 2.24) is 15.2 Å². The highest BCUT2D eigenvalue weighted by Gasteiger charge is 2.57. The maximum atomic E-state index is 16.4. The number of esters is 1. The number of carbonyl (C=O) groups is 3. The van der Waals surface area contributed by atoms with Gasteiger partial charge < -0.3 is 20.1 Å². The average Bonchev–Trinajstić information content (AvgIpc) is 3.66. The van der Waals surface area contributed by atoms with Crippen molar-refractivity contribution < 1.29 is 33.0 Å². The highest BCUT2D eigenvalue weighted by molar-refractivity contribution is 7.11. The van der Waals surface area contributed by atoms with Gasteiger partial charge in [-0.2, -0.15) is 0 Å². The normalized spacial score (nSPS) is 23.2. The fourth-order valence-corrected chi connectivity index (χ4v) is 7.07. The molecule has 3 aromatic rings. The number of carboxylic acid groups (broad SMARTS) is 1. The Morgan fingerprint density at radius 1 is 1.26 bits per heavy atom. The number of alkyl halides is 1. The highest BCUT2D eigenvalue weighted by atomic mass is 35.5. The van der Waals surface area contributed by atoms with Crippen LogP contribution >= 0.6 is 22.9 Å². The van der Waals surface area contributed by atoms with Crippen LogP contribution in [-0.2, 0) is 14.3 Å². The lowest BCUT2D eigenvalue weighted by Gasteiger charge is -2.38. The monoisotopic (exact) mass is 669 g/mol. The van der Waals surface area contributed by atoms with Crippen molar-refractivity contribution in [3.63, 3.8) is 0 Å². The number of aliphatic imine (C=N–C) groups is 1. The van der Waals surface area contributed by atoms with Gasteiger partial charge in [0, 0.05) is 67.0 Å². The third kappa shape index (κ3) is 5.67. The Hall–Kier alpha value is -4.20. The van der Waals surface area contributed by atoms with Crippen LogP contribution in [0.1, 0.15) is 45.9 Å². The minimum Gasteiger partial charge on any atom is -0.478 e. The van der Waals surface area contributed by atoms with Crippen molar-refractivity contribution in [2.45, 2.75) is 32.0 Å². The summed E-state index contributed by atoms with van der Waals surface area (Å²) in [7, 11) is 0. The molecule has 4 heterocycles. The Morgan fingerprint density at radius 3 is 2.78 bits per heavy atom. The summed E-state index contributed by atoms with van der Waals surface area (Å²) in [6.45, 7) is 3.96. The summed E-state index contributed by atoms with van der Waals surface area (Å²) in [5.74, 6) is -3.52. The van der Waals surface area contributed by atoms with Gasteiger partial charge in [-0.25, -0.2) is 23.4 Å². The average molecular weight is 670 g/mol. The van der Waals surface area contributed by atoms with Crippen LogP contribution < -0.4 is 10.2 Å². The number of carboxylic acids is 1. The zero-order chi connectivity index (χ0) is 32.7. The summed E-state index contributed by atoms with van der Waals surface area (Å²) in [5, 5.41) is 14.9. The van der Waals surface area contributed by atoms with Crippen molar-refractivity contribution in [2.24, 2.45) is 10.9 Å². The van der Waals surface area contributed by atoms with Crippen molar-refractivity contribution in [3.05, 3.63) is 91.8 Å². The molecule has 1 aromatic heterocycles. The van der Waals surface area contributed by atoms with E-state index in [1.807, 2.05) is 4.90 Å². The predicted molar refractivity (Wildman–Crippen MR) is 168 cm³/mol. The molecule has 3 aliphatic heterocycles. The number of hydrogen-bond donors (Lipinski definition) is 2. The minimum atomic E-state index is -2.13. The molecule has 2 aromatic carbocycles. The first-order valence-electron chi connectivity index (χ1n) is 14.7. The fraction of sp³-hybridized carbons (Fsp3) is 0.344. The number of aryl methyl sites for hydroxylation is 1. The van der Waals surface area contributed by atoms with Crippen LogP contribution in [0.3, 0.4) is 0 Å². The van der Waals surface area contributed by atoms with Crippen LogP contribution in [-0.4, -0.2) is 77.1 Å². The zero-order valence-electron chi connectivity index (χ0n) is 24.9. The van der Waals surface area contributed by atoms with E-state index in [0.717, 1.165) is 0 Å². The van der Waals surface area contributed by atoms with Gasteiger partial charge in [0.25, 0.3) is 5.91 Å². The Bertz CT molecular complexity index is 1780. The molecule has 10 nitrogen and oxygen atoms in total. The van der Waals surface area contributed by atoms with Crippen LogP contribution in [0.4, 0.5) is 14.5 Å². The summed E-state index contributed by atoms with van der Waals surface area (Å²) >= 11 is 7.72. The molecule has 0 aliphatic carbocycles. The first-order valence-corrected chi connectivity index (χ1v) is 15.9. The maximum Gasteiger partial charge on any atom is 0.338 e. The molecule has 3 aliphatic rings. The molecule has 2 N–H and O–H groups in total. The second-order valence-corrected chi connectivity index (χ2v) is 12.6. The lowest BCUT2D eigenvalue weighted by molar-refractivity contribution is -0.139. The zero-order valence-corrected chi connectivity index (χ0v) is 26.5. The Labute approximate surface area is 272 Å². The number of nitrogens with zero attached hydrogens (tertiary/aromatic N) is 4. The second kappa shape index (κ2) is 12.5. The van der Waals surface area contributed by atoms with Crippen LogP contribution in [0.5, 0.6) is 0 Å². The van der Waals surface area contributed by atoms with Crippen molar-refractivity contribution in [3.8, 4) is 0 Å². The number of likely N-dealkylation sites (tertiary alicyclic amines) is 1. The molecule has 14 heteroatoms. The summed E-state index contributed by atoms with van der Waals surface area (Å²) in [4.78, 5) is 51.0. The SMILES string of the molecule is CCOC(=O)C1=C(CN2CC[C@]3(F)C(=O)N(c4ccc(C)c(C(=O)O)c4)C[C@@H]3C2)NC(c2nccs2)=N[C@H]1c1cccc(F)c1Cl. The molecule has 3 atom stereocenters. The van der Waals surface area contributed by atoms with Crippen LogP contribution in [0, 0.1) is 18.7 Å². The number of carbonyl (C=O) groups excluding carboxylic acids is 2. The first-order chi connectivity index (χ1) is 22.0. The Morgan fingerprint density at radius 2 is 2.07 bits per heavy atom. The van der Waals surface area contributed by atoms with Gasteiger partial charge in [0.1, 0.15) is 11.9 Å². The molecule has 46 heavy (non-hydrogen) atoms. The molecule has 1 amide bonds. The number of rotatable bonds is 8. The predicted octanol–water partition coefficient (Wildman–Crippen LogP) is 4.93. The van der Waals surface area contributed by atoms with Crippen molar-refractivity contribution in [2.75, 3.05) is 37.7 Å². The maximum absolute atomic E-state index is 16.4. The van der Waals surface area contributed by atoms with Crippen LogP contribution in [0.2, 0.25) is 5.02 Å².